The standard InChI is InChI=1S/C19H17N3O6/c1-10(23)20-11-2-4-12(5-3-11)21-15-9-17(25)22(18(15)26)13-6-7-14(19(27)28)16(24)8-13/h2-8,15,21,24H,9H2,1H3,(H,20,23)(H,27,28). The van der Waals surface area contributed by atoms with E-state index < -0.39 is 29.6 Å². The van der Waals surface area contributed by atoms with E-state index in [1.54, 1.807) is 24.3 Å². The first-order chi connectivity index (χ1) is 13.3. The molecule has 1 saturated heterocycles. The maximum atomic E-state index is 12.7. The van der Waals surface area contributed by atoms with Crippen molar-refractivity contribution in [3.63, 3.8) is 0 Å². The van der Waals surface area contributed by atoms with Gasteiger partial charge in [-0.3, -0.25) is 14.4 Å². The highest BCUT2D eigenvalue weighted by molar-refractivity contribution is 6.23. The molecule has 0 saturated carbocycles. The molecule has 3 amide bonds. The Morgan fingerprint density at radius 1 is 1.07 bits per heavy atom. The van der Waals surface area contributed by atoms with Gasteiger partial charge in [0.15, 0.2) is 0 Å². The molecule has 9 nitrogen and oxygen atoms in total. The van der Waals surface area contributed by atoms with Gasteiger partial charge < -0.3 is 20.8 Å². The highest BCUT2D eigenvalue weighted by Gasteiger charge is 2.39. The summed E-state index contributed by atoms with van der Waals surface area (Å²) in [5.74, 6) is -3.04. The molecular weight excluding hydrogens is 366 g/mol. The molecule has 0 radical (unpaired) electrons. The number of carbonyl (C=O) groups is 4. The minimum atomic E-state index is -1.31. The lowest BCUT2D eigenvalue weighted by Crippen LogP contribution is -2.34. The van der Waals surface area contributed by atoms with Crippen LogP contribution in [0.25, 0.3) is 0 Å². The average Bonchev–Trinajstić information content (AvgIpc) is 2.89. The molecule has 3 rings (SSSR count). The van der Waals surface area contributed by atoms with Gasteiger partial charge in [0.1, 0.15) is 17.4 Å². The highest BCUT2D eigenvalue weighted by Crippen LogP contribution is 2.29. The largest absolute Gasteiger partial charge is 0.507 e. The van der Waals surface area contributed by atoms with E-state index in [9.17, 15) is 24.3 Å². The van der Waals surface area contributed by atoms with Crippen LogP contribution in [0.15, 0.2) is 42.5 Å². The number of rotatable bonds is 5. The summed E-state index contributed by atoms with van der Waals surface area (Å²) in [5.41, 5.74) is 0.966. The van der Waals surface area contributed by atoms with Crippen LogP contribution in [0.5, 0.6) is 5.75 Å². The van der Waals surface area contributed by atoms with E-state index in [-0.39, 0.29) is 23.6 Å². The maximum Gasteiger partial charge on any atom is 0.339 e. The third-order valence-electron chi connectivity index (χ3n) is 4.16. The highest BCUT2D eigenvalue weighted by atomic mass is 16.4. The lowest BCUT2D eigenvalue weighted by atomic mass is 10.1. The van der Waals surface area contributed by atoms with Crippen LogP contribution in [0.3, 0.4) is 0 Å². The molecule has 2 aromatic rings. The third-order valence-corrected chi connectivity index (χ3v) is 4.16. The number of carboxylic acid groups (broad SMARTS) is 1. The Morgan fingerprint density at radius 3 is 2.29 bits per heavy atom. The summed E-state index contributed by atoms with van der Waals surface area (Å²) in [4.78, 5) is 47.9. The van der Waals surface area contributed by atoms with Gasteiger partial charge in [-0.15, -0.1) is 0 Å². The molecule has 144 valence electrons. The Bertz CT molecular complexity index is 970. The number of benzene rings is 2. The van der Waals surface area contributed by atoms with Gasteiger partial charge in [0, 0.05) is 24.4 Å². The summed E-state index contributed by atoms with van der Waals surface area (Å²) in [6.45, 7) is 1.39. The third kappa shape index (κ3) is 3.78. The molecule has 28 heavy (non-hydrogen) atoms. The normalized spacial score (nSPS) is 16.2. The molecule has 1 unspecified atom stereocenters. The minimum absolute atomic E-state index is 0.0896. The number of nitrogens with one attached hydrogen (secondary N) is 2. The molecule has 1 atom stereocenters. The molecular formula is C19H17N3O6. The smallest absolute Gasteiger partial charge is 0.339 e. The second-order valence-corrected chi connectivity index (χ2v) is 6.23. The fourth-order valence-corrected chi connectivity index (χ4v) is 2.91. The Balaban J connectivity index is 1.75. The predicted molar refractivity (Wildman–Crippen MR) is 100 cm³/mol. The van der Waals surface area contributed by atoms with E-state index in [4.69, 9.17) is 5.11 Å². The van der Waals surface area contributed by atoms with Crippen molar-refractivity contribution in [2.45, 2.75) is 19.4 Å². The van der Waals surface area contributed by atoms with E-state index in [1.165, 1.54) is 13.0 Å². The molecule has 4 N–H and O–H groups in total. The van der Waals surface area contributed by atoms with Crippen molar-refractivity contribution in [3.8, 4) is 5.75 Å². The Hall–Kier alpha value is -3.88. The number of carbonyl (C=O) groups excluding carboxylic acids is 3. The van der Waals surface area contributed by atoms with Crippen LogP contribution in [-0.2, 0) is 14.4 Å². The number of aromatic hydroxyl groups is 1. The van der Waals surface area contributed by atoms with Crippen molar-refractivity contribution in [1.29, 1.82) is 0 Å². The van der Waals surface area contributed by atoms with Crippen LogP contribution in [-0.4, -0.2) is 39.9 Å². The molecule has 0 aliphatic carbocycles. The number of hydrogen-bond acceptors (Lipinski definition) is 6. The number of phenols is 1. The second kappa shape index (κ2) is 7.39. The van der Waals surface area contributed by atoms with Crippen LogP contribution in [0.4, 0.5) is 17.1 Å². The van der Waals surface area contributed by atoms with Crippen molar-refractivity contribution >= 4 is 40.8 Å². The van der Waals surface area contributed by atoms with Crippen LogP contribution >= 0.6 is 0 Å². The van der Waals surface area contributed by atoms with Gasteiger partial charge in [0.05, 0.1) is 12.1 Å². The molecule has 1 heterocycles. The number of anilines is 3. The first-order valence-corrected chi connectivity index (χ1v) is 8.33. The van der Waals surface area contributed by atoms with Gasteiger partial charge in [-0.1, -0.05) is 0 Å². The molecule has 0 aromatic heterocycles. The van der Waals surface area contributed by atoms with E-state index in [0.717, 1.165) is 17.0 Å². The maximum absolute atomic E-state index is 12.7. The van der Waals surface area contributed by atoms with E-state index in [2.05, 4.69) is 10.6 Å². The Kier molecular flexibility index (Phi) is 4.99. The molecule has 9 heteroatoms. The van der Waals surface area contributed by atoms with Crippen LogP contribution in [0, 0.1) is 0 Å². The summed E-state index contributed by atoms with van der Waals surface area (Å²) in [5, 5.41) is 24.4. The first kappa shape index (κ1) is 18.9. The average molecular weight is 383 g/mol. The van der Waals surface area contributed by atoms with Gasteiger partial charge in [-0.25, -0.2) is 9.69 Å². The van der Waals surface area contributed by atoms with Crippen molar-refractivity contribution in [1.82, 2.24) is 0 Å². The minimum Gasteiger partial charge on any atom is -0.507 e. The quantitative estimate of drug-likeness (QED) is 0.578. The summed E-state index contributed by atoms with van der Waals surface area (Å²) >= 11 is 0. The second-order valence-electron chi connectivity index (χ2n) is 6.23. The number of carboxylic acids is 1. The molecule has 0 spiro atoms. The fraction of sp³-hybridized carbons (Fsp3) is 0.158. The molecule has 0 bridgehead atoms. The van der Waals surface area contributed by atoms with Crippen LogP contribution < -0.4 is 15.5 Å². The first-order valence-electron chi connectivity index (χ1n) is 8.33. The lowest BCUT2D eigenvalue weighted by molar-refractivity contribution is -0.121. The number of aromatic carboxylic acids is 1. The van der Waals surface area contributed by atoms with Gasteiger partial charge in [-0.05, 0) is 36.4 Å². The molecule has 1 aliphatic heterocycles. The predicted octanol–water partition coefficient (Wildman–Crippen LogP) is 1.79. The fourth-order valence-electron chi connectivity index (χ4n) is 2.91. The van der Waals surface area contributed by atoms with Gasteiger partial charge in [0.2, 0.25) is 11.8 Å². The zero-order chi connectivity index (χ0) is 20.4. The van der Waals surface area contributed by atoms with Crippen molar-refractivity contribution < 1.29 is 29.4 Å². The van der Waals surface area contributed by atoms with Crippen molar-refractivity contribution in [2.75, 3.05) is 15.5 Å². The number of imide groups is 1. The van der Waals surface area contributed by atoms with Crippen LogP contribution in [0.2, 0.25) is 0 Å². The van der Waals surface area contributed by atoms with E-state index in [1.807, 2.05) is 0 Å². The summed E-state index contributed by atoms with van der Waals surface area (Å²) in [6, 6.07) is 9.35. The number of hydrogen-bond donors (Lipinski definition) is 4. The zero-order valence-electron chi connectivity index (χ0n) is 14.8. The monoisotopic (exact) mass is 383 g/mol. The topological polar surface area (TPSA) is 136 Å². The SMILES string of the molecule is CC(=O)Nc1ccc(NC2CC(=O)N(c3ccc(C(=O)O)c(O)c3)C2=O)cc1. The van der Waals surface area contributed by atoms with E-state index >= 15 is 0 Å². The zero-order valence-corrected chi connectivity index (χ0v) is 14.8. The summed E-state index contributed by atoms with van der Waals surface area (Å²) in [7, 11) is 0. The molecule has 1 fully saturated rings. The van der Waals surface area contributed by atoms with Gasteiger partial charge in [0.25, 0.3) is 5.91 Å². The lowest BCUT2D eigenvalue weighted by Gasteiger charge is -2.17. The van der Waals surface area contributed by atoms with Crippen molar-refractivity contribution in [2.24, 2.45) is 0 Å². The van der Waals surface area contributed by atoms with Gasteiger partial charge in [-0.2, -0.15) is 0 Å². The van der Waals surface area contributed by atoms with Gasteiger partial charge >= 0.3 is 5.97 Å². The Morgan fingerprint density at radius 2 is 1.71 bits per heavy atom. The van der Waals surface area contributed by atoms with Crippen LogP contribution in [0.1, 0.15) is 23.7 Å². The van der Waals surface area contributed by atoms with Crippen molar-refractivity contribution in [3.05, 3.63) is 48.0 Å². The van der Waals surface area contributed by atoms with E-state index in [0.29, 0.717) is 11.4 Å². The Labute approximate surface area is 159 Å². The number of nitrogens with zero attached hydrogens (tertiary/aromatic N) is 1. The summed E-state index contributed by atoms with van der Waals surface area (Å²) < 4.78 is 0. The number of amides is 3. The molecule has 1 aliphatic rings. The molecule has 2 aromatic carbocycles. The summed E-state index contributed by atoms with van der Waals surface area (Å²) in [6.07, 6.45) is -0.0896.